The number of benzene rings is 3. The molecule has 0 bridgehead atoms. The Kier molecular flexibility index (Phi) is 7.26. The van der Waals surface area contributed by atoms with Crippen molar-refractivity contribution < 1.29 is 4.79 Å². The third-order valence-corrected chi connectivity index (χ3v) is 5.61. The first-order valence-corrected chi connectivity index (χ1v) is 11.5. The van der Waals surface area contributed by atoms with E-state index in [0.29, 0.717) is 17.5 Å². The maximum absolute atomic E-state index is 13.5. The Labute approximate surface area is 206 Å². The number of aromatic nitrogens is 2. The van der Waals surface area contributed by atoms with Gasteiger partial charge >= 0.3 is 6.03 Å². The Bertz CT molecular complexity index is 1270. The molecule has 3 aromatic carbocycles. The van der Waals surface area contributed by atoms with E-state index in [1.807, 2.05) is 99.6 Å². The highest BCUT2D eigenvalue weighted by molar-refractivity contribution is 6.06. The van der Waals surface area contributed by atoms with Crippen LogP contribution in [0.5, 0.6) is 0 Å². The van der Waals surface area contributed by atoms with Crippen molar-refractivity contribution in [2.24, 2.45) is 0 Å². The summed E-state index contributed by atoms with van der Waals surface area (Å²) in [4.78, 5) is 26.2. The molecule has 0 aliphatic heterocycles. The number of nitrogens with zero attached hydrogens (tertiary/aromatic N) is 4. The molecule has 178 valence electrons. The molecule has 0 aliphatic rings. The topological polar surface area (TPSA) is 73.4 Å². The van der Waals surface area contributed by atoms with Gasteiger partial charge in [-0.3, -0.25) is 0 Å². The molecule has 7 nitrogen and oxygen atoms in total. The minimum absolute atomic E-state index is 0.000366. The number of amides is 2. The molecule has 7 heteroatoms. The lowest BCUT2D eigenvalue weighted by atomic mass is 10.1. The third kappa shape index (κ3) is 5.95. The van der Waals surface area contributed by atoms with E-state index in [4.69, 9.17) is 0 Å². The molecule has 0 fully saturated rings. The molecule has 4 aromatic rings. The molecule has 1 atom stereocenters. The Morgan fingerprint density at radius 2 is 1.60 bits per heavy atom. The summed E-state index contributed by atoms with van der Waals surface area (Å²) in [5.41, 5.74) is 4.63. The minimum Gasteiger partial charge on any atom is -0.378 e. The summed E-state index contributed by atoms with van der Waals surface area (Å²) in [7, 11) is 3.96. The summed E-state index contributed by atoms with van der Waals surface area (Å²) < 4.78 is 0. The highest BCUT2D eigenvalue weighted by Gasteiger charge is 2.21. The average molecular weight is 467 g/mol. The SMILES string of the molecule is Cc1cccc(NC(=O)N(c2ccc(N(C)C)cc2)c2ccnc(NC(C)c3ccccc3)n2)c1. The lowest BCUT2D eigenvalue weighted by Gasteiger charge is -2.24. The van der Waals surface area contributed by atoms with Crippen LogP contribution in [0.25, 0.3) is 0 Å². The Hall–Kier alpha value is -4.39. The van der Waals surface area contributed by atoms with Crippen molar-refractivity contribution in [3.8, 4) is 0 Å². The van der Waals surface area contributed by atoms with E-state index < -0.39 is 0 Å². The van der Waals surface area contributed by atoms with Crippen LogP contribution in [-0.4, -0.2) is 30.1 Å². The molecule has 4 rings (SSSR count). The monoisotopic (exact) mass is 466 g/mol. The maximum Gasteiger partial charge on any atom is 0.332 e. The highest BCUT2D eigenvalue weighted by atomic mass is 16.2. The molecule has 0 spiro atoms. The number of hydrogen-bond acceptors (Lipinski definition) is 5. The second kappa shape index (κ2) is 10.7. The van der Waals surface area contributed by atoms with Crippen molar-refractivity contribution in [3.05, 3.63) is 102 Å². The van der Waals surface area contributed by atoms with Crippen LogP contribution in [0.1, 0.15) is 24.1 Å². The molecule has 0 aliphatic carbocycles. The van der Waals surface area contributed by atoms with Gasteiger partial charge in [-0.15, -0.1) is 0 Å². The van der Waals surface area contributed by atoms with Crippen molar-refractivity contribution in [2.75, 3.05) is 34.5 Å². The number of aryl methyl sites for hydroxylation is 1. The standard InChI is InChI=1S/C28H30N6O/c1-20-9-8-12-23(19-20)31-28(35)34(25-15-13-24(14-16-25)33(3)4)26-17-18-29-27(32-26)30-21(2)22-10-6-5-7-11-22/h5-19,21H,1-4H3,(H,31,35)(H,29,30,32). The molecule has 0 saturated heterocycles. The smallest absolute Gasteiger partial charge is 0.332 e. The predicted octanol–water partition coefficient (Wildman–Crippen LogP) is 6.39. The summed E-state index contributed by atoms with van der Waals surface area (Å²) in [6, 6.07) is 27.0. The zero-order chi connectivity index (χ0) is 24.8. The van der Waals surface area contributed by atoms with Gasteiger partial charge in [0.1, 0.15) is 5.82 Å². The number of urea groups is 1. The van der Waals surface area contributed by atoms with Gasteiger partial charge in [-0.25, -0.2) is 14.7 Å². The van der Waals surface area contributed by atoms with Gasteiger partial charge in [0.2, 0.25) is 5.95 Å². The second-order valence-corrected chi connectivity index (χ2v) is 8.56. The first-order valence-electron chi connectivity index (χ1n) is 11.5. The van der Waals surface area contributed by atoms with Gasteiger partial charge < -0.3 is 15.5 Å². The first kappa shape index (κ1) is 23.8. The summed E-state index contributed by atoms with van der Waals surface area (Å²) in [5, 5.41) is 6.34. The van der Waals surface area contributed by atoms with Gasteiger partial charge in [-0.1, -0.05) is 42.5 Å². The molecule has 2 amide bonds. The zero-order valence-corrected chi connectivity index (χ0v) is 20.4. The quantitative estimate of drug-likeness (QED) is 0.330. The maximum atomic E-state index is 13.5. The number of anilines is 5. The Morgan fingerprint density at radius 3 is 2.29 bits per heavy atom. The minimum atomic E-state index is -0.311. The molecule has 0 saturated carbocycles. The number of carbonyl (C=O) groups excluding carboxylic acids is 1. The van der Waals surface area contributed by atoms with Crippen molar-refractivity contribution in [1.29, 1.82) is 0 Å². The molecule has 1 heterocycles. The van der Waals surface area contributed by atoms with Crippen LogP contribution in [-0.2, 0) is 0 Å². The van der Waals surface area contributed by atoms with Crippen LogP contribution >= 0.6 is 0 Å². The number of hydrogen-bond donors (Lipinski definition) is 2. The van der Waals surface area contributed by atoms with E-state index in [2.05, 4.69) is 32.7 Å². The largest absolute Gasteiger partial charge is 0.378 e. The highest BCUT2D eigenvalue weighted by Crippen LogP contribution is 2.28. The predicted molar refractivity (Wildman–Crippen MR) is 144 cm³/mol. The molecule has 2 N–H and O–H groups in total. The van der Waals surface area contributed by atoms with Crippen LogP contribution in [0.15, 0.2) is 91.1 Å². The fourth-order valence-corrected chi connectivity index (χ4v) is 3.72. The molecule has 1 unspecified atom stereocenters. The summed E-state index contributed by atoms with van der Waals surface area (Å²) in [5.74, 6) is 0.905. The number of rotatable bonds is 7. The fraction of sp³-hybridized carbons (Fsp3) is 0.179. The first-order chi connectivity index (χ1) is 16.9. The molecular formula is C28H30N6O. The summed E-state index contributed by atoms with van der Waals surface area (Å²) in [6.07, 6.45) is 1.66. The average Bonchev–Trinajstić information content (AvgIpc) is 2.85. The van der Waals surface area contributed by atoms with Gasteiger partial charge in [-0.05, 0) is 61.4 Å². The Balaban J connectivity index is 1.66. The van der Waals surface area contributed by atoms with Gasteiger partial charge in [0.05, 0.1) is 11.7 Å². The Morgan fingerprint density at radius 1 is 0.886 bits per heavy atom. The number of nitrogens with one attached hydrogen (secondary N) is 2. The van der Waals surface area contributed by atoms with E-state index in [0.717, 1.165) is 22.5 Å². The van der Waals surface area contributed by atoms with Gasteiger partial charge in [0.15, 0.2) is 0 Å². The van der Waals surface area contributed by atoms with Crippen molar-refractivity contribution >= 4 is 34.9 Å². The number of carbonyl (C=O) groups is 1. The van der Waals surface area contributed by atoms with E-state index in [1.165, 1.54) is 0 Å². The van der Waals surface area contributed by atoms with Crippen LogP contribution in [0.3, 0.4) is 0 Å². The van der Waals surface area contributed by atoms with Crippen LogP contribution in [0.4, 0.5) is 33.6 Å². The van der Waals surface area contributed by atoms with Gasteiger partial charge in [0, 0.05) is 37.7 Å². The third-order valence-electron chi connectivity index (χ3n) is 5.61. The van der Waals surface area contributed by atoms with E-state index in [-0.39, 0.29) is 12.1 Å². The summed E-state index contributed by atoms with van der Waals surface area (Å²) in [6.45, 7) is 4.04. The zero-order valence-electron chi connectivity index (χ0n) is 20.4. The van der Waals surface area contributed by atoms with E-state index >= 15 is 0 Å². The summed E-state index contributed by atoms with van der Waals surface area (Å²) >= 11 is 0. The van der Waals surface area contributed by atoms with Crippen molar-refractivity contribution in [1.82, 2.24) is 9.97 Å². The molecule has 0 radical (unpaired) electrons. The normalized spacial score (nSPS) is 11.4. The lowest BCUT2D eigenvalue weighted by molar-refractivity contribution is 0.259. The van der Waals surface area contributed by atoms with Crippen LogP contribution < -0.4 is 20.4 Å². The lowest BCUT2D eigenvalue weighted by Crippen LogP contribution is -2.31. The van der Waals surface area contributed by atoms with Gasteiger partial charge in [-0.2, -0.15) is 4.98 Å². The molecule has 1 aromatic heterocycles. The fourth-order valence-electron chi connectivity index (χ4n) is 3.72. The van der Waals surface area contributed by atoms with E-state index in [1.54, 1.807) is 17.2 Å². The molecular weight excluding hydrogens is 436 g/mol. The van der Waals surface area contributed by atoms with Crippen molar-refractivity contribution in [3.63, 3.8) is 0 Å². The molecule has 35 heavy (non-hydrogen) atoms. The van der Waals surface area contributed by atoms with Crippen LogP contribution in [0, 0.1) is 6.92 Å². The van der Waals surface area contributed by atoms with Gasteiger partial charge in [0.25, 0.3) is 0 Å². The van der Waals surface area contributed by atoms with Crippen LogP contribution in [0.2, 0.25) is 0 Å². The van der Waals surface area contributed by atoms with E-state index in [9.17, 15) is 4.79 Å². The second-order valence-electron chi connectivity index (χ2n) is 8.56. The van der Waals surface area contributed by atoms with Crippen molar-refractivity contribution in [2.45, 2.75) is 19.9 Å².